The first-order chi connectivity index (χ1) is 9.88. The van der Waals surface area contributed by atoms with E-state index >= 15 is 0 Å². The zero-order chi connectivity index (χ0) is 15.6. The highest BCUT2D eigenvalue weighted by molar-refractivity contribution is 5.99. The largest absolute Gasteiger partial charge is 0.478 e. The second-order valence-electron chi connectivity index (χ2n) is 4.71. The molecule has 8 heteroatoms. The molecule has 2 unspecified atom stereocenters. The molecule has 0 bridgehead atoms. The summed E-state index contributed by atoms with van der Waals surface area (Å²) in [4.78, 5) is 34.0. The van der Waals surface area contributed by atoms with Crippen LogP contribution in [0.2, 0.25) is 0 Å². The average molecular weight is 294 g/mol. The molecular formula is C13H14N2O6. The molecule has 5 N–H and O–H groups in total. The normalized spacial score (nSPS) is 21.0. The number of carboxylic acid groups (broad SMARTS) is 2. The quantitative estimate of drug-likeness (QED) is 0.612. The first-order valence-corrected chi connectivity index (χ1v) is 6.14. The molecule has 0 radical (unpaired) electrons. The number of ether oxygens (including phenoxy) is 1. The molecule has 21 heavy (non-hydrogen) atoms. The van der Waals surface area contributed by atoms with Gasteiger partial charge in [0.15, 0.2) is 0 Å². The molecule has 8 nitrogen and oxygen atoms in total. The minimum atomic E-state index is -1.28. The summed E-state index contributed by atoms with van der Waals surface area (Å²) >= 11 is 0. The molecule has 0 aliphatic carbocycles. The van der Waals surface area contributed by atoms with Gasteiger partial charge in [-0.15, -0.1) is 0 Å². The Hall–Kier alpha value is -2.45. The van der Waals surface area contributed by atoms with Crippen molar-refractivity contribution in [3.05, 3.63) is 29.3 Å². The first kappa shape index (κ1) is 14.9. The van der Waals surface area contributed by atoms with E-state index in [1.165, 1.54) is 12.1 Å². The number of rotatable bonds is 4. The van der Waals surface area contributed by atoms with Gasteiger partial charge in [-0.05, 0) is 18.2 Å². The third-order valence-electron chi connectivity index (χ3n) is 3.16. The van der Waals surface area contributed by atoms with E-state index in [9.17, 15) is 14.4 Å². The van der Waals surface area contributed by atoms with Crippen molar-refractivity contribution in [2.45, 2.75) is 6.04 Å². The molecule has 1 aliphatic rings. The number of amides is 1. The number of benzene rings is 1. The third kappa shape index (κ3) is 3.36. The van der Waals surface area contributed by atoms with Crippen LogP contribution in [0.3, 0.4) is 0 Å². The van der Waals surface area contributed by atoms with E-state index in [0.717, 1.165) is 6.07 Å². The maximum Gasteiger partial charge on any atom is 0.335 e. The van der Waals surface area contributed by atoms with Crippen molar-refractivity contribution in [2.24, 2.45) is 11.7 Å². The molecule has 1 aromatic carbocycles. The number of aromatic carboxylic acids is 2. The minimum absolute atomic E-state index is 0.0939. The molecule has 1 aromatic rings. The molecular weight excluding hydrogens is 280 g/mol. The molecule has 2 rings (SSSR count). The summed E-state index contributed by atoms with van der Waals surface area (Å²) < 4.78 is 5.08. The van der Waals surface area contributed by atoms with Crippen molar-refractivity contribution in [1.29, 1.82) is 0 Å². The number of nitrogens with two attached hydrogens (primary N) is 1. The lowest BCUT2D eigenvalue weighted by molar-refractivity contribution is -0.120. The number of carboxylic acids is 2. The van der Waals surface area contributed by atoms with Gasteiger partial charge in [0.1, 0.15) is 0 Å². The Morgan fingerprint density at radius 3 is 2.10 bits per heavy atom. The monoisotopic (exact) mass is 294 g/mol. The zero-order valence-corrected chi connectivity index (χ0v) is 10.9. The number of hydrogen-bond donors (Lipinski definition) is 4. The molecule has 1 heterocycles. The number of nitrogens with one attached hydrogen (secondary N) is 1. The second kappa shape index (κ2) is 5.90. The molecule has 0 spiro atoms. The highest BCUT2D eigenvalue weighted by Crippen LogP contribution is 2.19. The molecule has 1 aliphatic heterocycles. The van der Waals surface area contributed by atoms with E-state index in [2.05, 4.69) is 5.32 Å². The fourth-order valence-corrected chi connectivity index (χ4v) is 2.02. The number of hydrogen-bond acceptors (Lipinski definition) is 5. The fourth-order valence-electron chi connectivity index (χ4n) is 2.02. The number of anilines is 1. The van der Waals surface area contributed by atoms with Gasteiger partial charge in [0.2, 0.25) is 5.91 Å². The van der Waals surface area contributed by atoms with Gasteiger partial charge in [0.05, 0.1) is 30.3 Å². The van der Waals surface area contributed by atoms with Crippen LogP contribution < -0.4 is 11.1 Å². The van der Waals surface area contributed by atoms with E-state index in [1.54, 1.807) is 0 Å². The minimum Gasteiger partial charge on any atom is -0.478 e. The predicted molar refractivity (Wildman–Crippen MR) is 71.3 cm³/mol. The van der Waals surface area contributed by atoms with Crippen LogP contribution in [0.5, 0.6) is 0 Å². The Morgan fingerprint density at radius 1 is 1.10 bits per heavy atom. The van der Waals surface area contributed by atoms with Gasteiger partial charge < -0.3 is 26.0 Å². The average Bonchev–Trinajstić information content (AvgIpc) is 2.84. The van der Waals surface area contributed by atoms with Crippen LogP contribution in [-0.2, 0) is 9.53 Å². The maximum absolute atomic E-state index is 12.0. The molecule has 1 saturated heterocycles. The van der Waals surface area contributed by atoms with Gasteiger partial charge in [0, 0.05) is 11.7 Å². The Bertz CT molecular complexity index is 568. The van der Waals surface area contributed by atoms with Gasteiger partial charge in [-0.2, -0.15) is 0 Å². The number of carbonyl (C=O) groups is 3. The smallest absolute Gasteiger partial charge is 0.335 e. The van der Waals surface area contributed by atoms with Gasteiger partial charge >= 0.3 is 11.9 Å². The third-order valence-corrected chi connectivity index (χ3v) is 3.16. The Balaban J connectivity index is 2.24. The Labute approximate surface area is 119 Å². The lowest BCUT2D eigenvalue weighted by atomic mass is 10.0. The summed E-state index contributed by atoms with van der Waals surface area (Å²) in [5.74, 6) is -3.55. The highest BCUT2D eigenvalue weighted by Gasteiger charge is 2.31. The van der Waals surface area contributed by atoms with Crippen LogP contribution in [0.15, 0.2) is 18.2 Å². The van der Waals surface area contributed by atoms with E-state index in [-0.39, 0.29) is 30.0 Å². The summed E-state index contributed by atoms with van der Waals surface area (Å²) in [6.45, 7) is 0.449. The molecule has 2 atom stereocenters. The van der Waals surface area contributed by atoms with Crippen molar-refractivity contribution < 1.29 is 29.3 Å². The predicted octanol–water partition coefficient (Wildman–Crippen LogP) is -0.00480. The summed E-state index contributed by atoms with van der Waals surface area (Å²) in [5, 5.41) is 20.4. The highest BCUT2D eigenvalue weighted by atomic mass is 16.5. The van der Waals surface area contributed by atoms with Crippen LogP contribution in [0.4, 0.5) is 5.69 Å². The molecule has 1 fully saturated rings. The topological polar surface area (TPSA) is 139 Å². The van der Waals surface area contributed by atoms with Gasteiger partial charge in [-0.1, -0.05) is 0 Å². The maximum atomic E-state index is 12.0. The van der Waals surface area contributed by atoms with Gasteiger partial charge in [-0.3, -0.25) is 4.79 Å². The van der Waals surface area contributed by atoms with Gasteiger partial charge in [0.25, 0.3) is 0 Å². The second-order valence-corrected chi connectivity index (χ2v) is 4.71. The van der Waals surface area contributed by atoms with Crippen molar-refractivity contribution in [2.75, 3.05) is 18.5 Å². The van der Waals surface area contributed by atoms with Crippen LogP contribution in [0.1, 0.15) is 20.7 Å². The lowest BCUT2D eigenvalue weighted by Gasteiger charge is -2.14. The standard InChI is InChI=1S/C13H14N2O6/c14-10-5-21-4-9(10)11(16)15-8-2-6(12(17)18)1-7(3-8)13(19)20/h1-3,9-10H,4-5,14H2,(H,15,16)(H,17,18)(H,19,20). The lowest BCUT2D eigenvalue weighted by Crippen LogP contribution is -2.37. The van der Waals surface area contributed by atoms with E-state index in [4.69, 9.17) is 20.7 Å². The van der Waals surface area contributed by atoms with Crippen molar-refractivity contribution in [1.82, 2.24) is 0 Å². The van der Waals surface area contributed by atoms with Crippen molar-refractivity contribution in [3.63, 3.8) is 0 Å². The zero-order valence-electron chi connectivity index (χ0n) is 10.9. The van der Waals surface area contributed by atoms with E-state index in [0.29, 0.717) is 0 Å². The van der Waals surface area contributed by atoms with Crippen LogP contribution in [0, 0.1) is 5.92 Å². The summed E-state index contributed by atoms with van der Waals surface area (Å²) in [7, 11) is 0. The van der Waals surface area contributed by atoms with E-state index in [1.807, 2.05) is 0 Å². The van der Waals surface area contributed by atoms with E-state index < -0.39 is 29.8 Å². The van der Waals surface area contributed by atoms with Crippen molar-refractivity contribution in [3.8, 4) is 0 Å². The molecule has 0 saturated carbocycles. The summed E-state index contributed by atoms with van der Waals surface area (Å²) in [6.07, 6.45) is 0. The summed E-state index contributed by atoms with van der Waals surface area (Å²) in [6, 6.07) is 2.96. The SMILES string of the molecule is NC1COCC1C(=O)Nc1cc(C(=O)O)cc(C(=O)O)c1. The fraction of sp³-hybridized carbons (Fsp3) is 0.308. The summed E-state index contributed by atoms with van der Waals surface area (Å²) in [5.41, 5.74) is 5.36. The van der Waals surface area contributed by atoms with Gasteiger partial charge in [-0.25, -0.2) is 9.59 Å². The van der Waals surface area contributed by atoms with Crippen LogP contribution >= 0.6 is 0 Å². The molecule has 112 valence electrons. The van der Waals surface area contributed by atoms with Crippen LogP contribution in [-0.4, -0.2) is 47.3 Å². The first-order valence-electron chi connectivity index (χ1n) is 6.14. The van der Waals surface area contributed by atoms with Crippen molar-refractivity contribution >= 4 is 23.5 Å². The Morgan fingerprint density at radius 2 is 1.67 bits per heavy atom. The van der Waals surface area contributed by atoms with Crippen LogP contribution in [0.25, 0.3) is 0 Å². The number of carbonyl (C=O) groups excluding carboxylic acids is 1. The molecule has 0 aromatic heterocycles. The molecule has 1 amide bonds. The Kier molecular flexibility index (Phi) is 4.20.